The zero-order valence-electron chi connectivity index (χ0n) is 14.6. The highest BCUT2D eigenvalue weighted by atomic mass is 35.5. The number of hydrogen-bond acceptors (Lipinski definition) is 4. The zero-order chi connectivity index (χ0) is 20.3. The van der Waals surface area contributed by atoms with Crippen molar-refractivity contribution in [2.75, 3.05) is 5.32 Å². The first kappa shape index (κ1) is 19.8. The lowest BCUT2D eigenvalue weighted by Gasteiger charge is -2.07. The average molecular weight is 414 g/mol. The summed E-state index contributed by atoms with van der Waals surface area (Å²) < 4.78 is 51.4. The Labute approximate surface area is 162 Å². The van der Waals surface area contributed by atoms with E-state index in [4.69, 9.17) is 20.8 Å². The summed E-state index contributed by atoms with van der Waals surface area (Å²) in [6.07, 6.45) is 1.98. The van der Waals surface area contributed by atoms with Crippen molar-refractivity contribution < 1.29 is 27.1 Å². The van der Waals surface area contributed by atoms with Gasteiger partial charge in [-0.25, -0.2) is 9.18 Å². The van der Waals surface area contributed by atoms with Crippen LogP contribution in [0.15, 0.2) is 47.1 Å². The van der Waals surface area contributed by atoms with Gasteiger partial charge in [-0.2, -0.15) is 13.9 Å². The Balaban J connectivity index is 1.55. The summed E-state index contributed by atoms with van der Waals surface area (Å²) in [6, 6.07) is 6.76. The van der Waals surface area contributed by atoms with Crippen LogP contribution in [0, 0.1) is 5.82 Å². The molecule has 1 aromatic carbocycles. The normalized spacial score (nSPS) is 11.5. The van der Waals surface area contributed by atoms with Gasteiger partial charge in [-0.15, -0.1) is 0 Å². The molecule has 28 heavy (non-hydrogen) atoms. The lowest BCUT2D eigenvalue weighted by Crippen LogP contribution is -2.13. The molecule has 148 valence electrons. The number of amides is 1. The molecule has 0 fully saturated rings. The van der Waals surface area contributed by atoms with Gasteiger partial charge in [-0.05, 0) is 24.3 Å². The molecule has 0 saturated carbocycles. The number of benzene rings is 1. The summed E-state index contributed by atoms with van der Waals surface area (Å²) >= 11 is 5.86. The van der Waals surface area contributed by atoms with Crippen LogP contribution < -0.4 is 5.32 Å². The molecular weight excluding hydrogens is 399 g/mol. The number of furan rings is 1. The van der Waals surface area contributed by atoms with E-state index in [-0.39, 0.29) is 29.5 Å². The van der Waals surface area contributed by atoms with Gasteiger partial charge in [0.15, 0.2) is 5.76 Å². The second kappa shape index (κ2) is 7.97. The maximum absolute atomic E-state index is 13.6. The number of nitrogens with one attached hydrogen (secondary N) is 1. The van der Waals surface area contributed by atoms with E-state index in [0.717, 1.165) is 6.92 Å². The third kappa shape index (κ3) is 4.86. The Kier molecular flexibility index (Phi) is 5.64. The smallest absolute Gasteiger partial charge is 0.412 e. The molecule has 2 aromatic heterocycles. The Morgan fingerprint density at radius 3 is 2.82 bits per heavy atom. The summed E-state index contributed by atoms with van der Waals surface area (Å²) in [6.45, 7) is 0.495. The number of carbonyl (C=O) groups excluding carboxylic acids is 1. The minimum atomic E-state index is -3.07. The average Bonchev–Trinajstić information content (AvgIpc) is 3.24. The second-order valence-electron chi connectivity index (χ2n) is 5.98. The van der Waals surface area contributed by atoms with Crippen molar-refractivity contribution in [3.05, 3.63) is 70.6 Å². The van der Waals surface area contributed by atoms with Crippen molar-refractivity contribution in [3.8, 4) is 0 Å². The van der Waals surface area contributed by atoms with Crippen LogP contribution in [0.1, 0.15) is 24.0 Å². The van der Waals surface area contributed by atoms with Crippen LogP contribution in [0.2, 0.25) is 5.02 Å². The third-order valence-corrected chi connectivity index (χ3v) is 4.06. The van der Waals surface area contributed by atoms with Gasteiger partial charge in [-0.1, -0.05) is 17.7 Å². The molecule has 0 atom stereocenters. The molecule has 0 spiro atoms. The molecule has 2 heterocycles. The summed E-state index contributed by atoms with van der Waals surface area (Å²) in [5.74, 6) is -3.81. The standard InChI is InChI=1S/C18H15ClF3N3O3/c1-18(21,22)16-6-5-12(28-16)9-25-8-11(7-23-25)24-17(26)27-10-13-14(19)3-2-4-15(13)20/h2-8H,9-10H2,1H3,(H,24,26). The van der Waals surface area contributed by atoms with Gasteiger partial charge in [0.25, 0.3) is 0 Å². The molecular formula is C18H15ClF3N3O3. The van der Waals surface area contributed by atoms with Crippen LogP contribution in [-0.4, -0.2) is 15.9 Å². The number of halogens is 4. The number of anilines is 1. The largest absolute Gasteiger partial charge is 0.458 e. The van der Waals surface area contributed by atoms with E-state index in [1.54, 1.807) is 0 Å². The van der Waals surface area contributed by atoms with Crippen molar-refractivity contribution in [1.29, 1.82) is 0 Å². The molecule has 0 aliphatic carbocycles. The number of aromatic nitrogens is 2. The SMILES string of the molecule is CC(F)(F)c1ccc(Cn2cc(NC(=O)OCc3c(F)cccc3Cl)cn2)o1. The fourth-order valence-corrected chi connectivity index (χ4v) is 2.55. The molecule has 0 radical (unpaired) electrons. The predicted molar refractivity (Wildman–Crippen MR) is 94.8 cm³/mol. The highest BCUT2D eigenvalue weighted by molar-refractivity contribution is 6.31. The zero-order valence-corrected chi connectivity index (χ0v) is 15.3. The first-order chi connectivity index (χ1) is 13.2. The van der Waals surface area contributed by atoms with Gasteiger partial charge in [-0.3, -0.25) is 10.00 Å². The molecule has 0 aliphatic heterocycles. The van der Waals surface area contributed by atoms with E-state index in [1.807, 2.05) is 0 Å². The summed E-state index contributed by atoms with van der Waals surface area (Å²) in [7, 11) is 0. The Morgan fingerprint density at radius 1 is 1.36 bits per heavy atom. The molecule has 0 unspecified atom stereocenters. The fraction of sp³-hybridized carbons (Fsp3) is 0.222. The van der Waals surface area contributed by atoms with Gasteiger partial charge in [0.05, 0.1) is 23.5 Å². The van der Waals surface area contributed by atoms with Gasteiger partial charge in [0, 0.05) is 18.7 Å². The van der Waals surface area contributed by atoms with E-state index in [2.05, 4.69) is 10.4 Å². The molecule has 0 bridgehead atoms. The van der Waals surface area contributed by atoms with Crippen LogP contribution in [0.4, 0.5) is 23.7 Å². The second-order valence-corrected chi connectivity index (χ2v) is 6.39. The van der Waals surface area contributed by atoms with Crippen LogP contribution in [-0.2, 0) is 23.8 Å². The number of rotatable bonds is 6. The predicted octanol–water partition coefficient (Wildman–Crippen LogP) is 5.18. The van der Waals surface area contributed by atoms with Crippen molar-refractivity contribution in [3.63, 3.8) is 0 Å². The Hall–Kier alpha value is -2.94. The minimum Gasteiger partial charge on any atom is -0.458 e. The first-order valence-corrected chi connectivity index (χ1v) is 8.46. The van der Waals surface area contributed by atoms with E-state index < -0.39 is 23.6 Å². The molecule has 6 nitrogen and oxygen atoms in total. The number of carbonyl (C=O) groups is 1. The monoisotopic (exact) mass is 413 g/mol. The Bertz CT molecular complexity index is 962. The van der Waals surface area contributed by atoms with Crippen molar-refractivity contribution in [2.45, 2.75) is 26.0 Å². The van der Waals surface area contributed by atoms with E-state index in [9.17, 15) is 18.0 Å². The van der Waals surface area contributed by atoms with Crippen molar-refractivity contribution in [2.24, 2.45) is 0 Å². The van der Waals surface area contributed by atoms with Gasteiger partial charge in [0.1, 0.15) is 18.2 Å². The fourth-order valence-electron chi connectivity index (χ4n) is 2.33. The molecule has 1 amide bonds. The summed E-state index contributed by atoms with van der Waals surface area (Å²) in [4.78, 5) is 11.9. The van der Waals surface area contributed by atoms with Crippen molar-refractivity contribution >= 4 is 23.4 Å². The molecule has 10 heteroatoms. The maximum Gasteiger partial charge on any atom is 0.412 e. The van der Waals surface area contributed by atoms with Crippen LogP contribution in [0.25, 0.3) is 0 Å². The maximum atomic E-state index is 13.6. The number of ether oxygens (including phenoxy) is 1. The quantitative estimate of drug-likeness (QED) is 0.604. The first-order valence-electron chi connectivity index (χ1n) is 8.08. The third-order valence-electron chi connectivity index (χ3n) is 3.70. The summed E-state index contributed by atoms with van der Waals surface area (Å²) in [5, 5.41) is 6.58. The molecule has 3 aromatic rings. The van der Waals surface area contributed by atoms with Crippen LogP contribution in [0.3, 0.4) is 0 Å². The number of hydrogen-bond donors (Lipinski definition) is 1. The van der Waals surface area contributed by atoms with Crippen LogP contribution >= 0.6 is 11.6 Å². The van der Waals surface area contributed by atoms with Crippen LogP contribution in [0.5, 0.6) is 0 Å². The van der Waals surface area contributed by atoms with Crippen molar-refractivity contribution in [1.82, 2.24) is 9.78 Å². The summed E-state index contributed by atoms with van der Waals surface area (Å²) in [5.41, 5.74) is 0.369. The molecule has 3 rings (SSSR count). The number of alkyl halides is 2. The molecule has 1 N–H and O–H groups in total. The van der Waals surface area contributed by atoms with E-state index in [0.29, 0.717) is 5.69 Å². The highest BCUT2D eigenvalue weighted by Crippen LogP contribution is 2.28. The van der Waals surface area contributed by atoms with Gasteiger partial charge < -0.3 is 9.15 Å². The van der Waals surface area contributed by atoms with E-state index >= 15 is 0 Å². The number of nitrogens with zero attached hydrogens (tertiary/aromatic N) is 2. The van der Waals surface area contributed by atoms with Gasteiger partial charge in [0.2, 0.25) is 0 Å². The molecule has 0 aliphatic rings. The highest BCUT2D eigenvalue weighted by Gasteiger charge is 2.28. The lowest BCUT2D eigenvalue weighted by molar-refractivity contribution is -0.00636. The molecule has 0 saturated heterocycles. The van der Waals surface area contributed by atoms with Gasteiger partial charge >= 0.3 is 12.0 Å². The van der Waals surface area contributed by atoms with E-state index in [1.165, 1.54) is 47.4 Å². The Morgan fingerprint density at radius 2 is 2.14 bits per heavy atom. The lowest BCUT2D eigenvalue weighted by atomic mass is 10.2. The minimum absolute atomic E-state index is 0.0661. The topological polar surface area (TPSA) is 69.3 Å².